The van der Waals surface area contributed by atoms with E-state index in [0.717, 1.165) is 17.6 Å². The minimum Gasteiger partial charge on any atom is -0.452 e. The summed E-state index contributed by atoms with van der Waals surface area (Å²) in [5.41, 5.74) is 1.28. The van der Waals surface area contributed by atoms with Gasteiger partial charge < -0.3 is 14.8 Å². The molecule has 1 N–H and O–H groups in total. The first-order valence-electron chi connectivity index (χ1n) is 15.4. The Morgan fingerprint density at radius 1 is 0.712 bits per heavy atom. The standard InChI is InChI=1S/C21H17FN4O2.C15H12FN3O4S/c1-26-19-15(11-18(20(26)27)28-17-9-7-16(22)8-10-17)13-24-21(25-19)23-12-14-5-3-2-4-6-14;1-19-13-9(8-17-15(18-13)24-23-21-2)7-12(14(19)20)22-11-5-3-10(16)4-6-11/h2-11,13H,12H2,1H3,(H,23,24,25);3-8H,1-2H3. The van der Waals surface area contributed by atoms with E-state index in [1.54, 1.807) is 32.6 Å². The van der Waals surface area contributed by atoms with Gasteiger partial charge >= 0.3 is 0 Å². The molecule has 0 fully saturated rings. The molecule has 0 atom stereocenters. The fraction of sp³-hybridized carbons (Fsp3) is 0.111. The third-order valence-electron chi connectivity index (χ3n) is 7.36. The molecule has 0 aliphatic carbocycles. The number of nitrogens with one attached hydrogen (secondary N) is 1. The van der Waals surface area contributed by atoms with Crippen LogP contribution in [0.15, 0.2) is 118 Å². The Labute approximate surface area is 298 Å². The topological polar surface area (TPSA) is 145 Å². The molecule has 0 amide bonds. The van der Waals surface area contributed by atoms with Crippen molar-refractivity contribution in [2.75, 3.05) is 12.4 Å². The number of ether oxygens (including phenoxy) is 2. The van der Waals surface area contributed by atoms with Crippen molar-refractivity contribution < 1.29 is 27.5 Å². The first-order valence-corrected chi connectivity index (χ1v) is 16.2. The predicted octanol–water partition coefficient (Wildman–Crippen LogP) is 6.72. The van der Waals surface area contributed by atoms with E-state index in [4.69, 9.17) is 13.8 Å². The zero-order valence-corrected chi connectivity index (χ0v) is 28.6. The van der Waals surface area contributed by atoms with E-state index in [2.05, 4.69) is 30.1 Å². The fourth-order valence-corrected chi connectivity index (χ4v) is 5.14. The number of halogens is 2. The number of fused-ring (bicyclic) bond motifs is 2. The monoisotopic (exact) mass is 725 g/mol. The van der Waals surface area contributed by atoms with Crippen LogP contribution < -0.4 is 25.9 Å². The number of hydrogen-bond acceptors (Lipinski definition) is 12. The number of nitrogens with zero attached hydrogens (tertiary/aromatic N) is 6. The molecule has 0 bridgehead atoms. The van der Waals surface area contributed by atoms with Gasteiger partial charge in [-0.05, 0) is 66.2 Å². The van der Waals surface area contributed by atoms with Gasteiger partial charge in [-0.1, -0.05) is 30.3 Å². The Balaban J connectivity index is 0.000000181. The lowest BCUT2D eigenvalue weighted by atomic mass is 10.2. The summed E-state index contributed by atoms with van der Waals surface area (Å²) >= 11 is 0.831. The van der Waals surface area contributed by atoms with Crippen LogP contribution in [0.3, 0.4) is 0 Å². The highest BCUT2D eigenvalue weighted by atomic mass is 32.2. The lowest BCUT2D eigenvalue weighted by Gasteiger charge is -2.11. The van der Waals surface area contributed by atoms with Crippen molar-refractivity contribution >= 4 is 40.1 Å². The fourth-order valence-electron chi connectivity index (χ4n) is 4.79. The number of rotatable bonds is 10. The van der Waals surface area contributed by atoms with Gasteiger partial charge in [0.25, 0.3) is 11.1 Å². The smallest absolute Gasteiger partial charge is 0.294 e. The average molecular weight is 726 g/mol. The maximum Gasteiger partial charge on any atom is 0.294 e. The largest absolute Gasteiger partial charge is 0.452 e. The van der Waals surface area contributed by atoms with Crippen LogP contribution in [-0.2, 0) is 29.9 Å². The highest BCUT2D eigenvalue weighted by molar-refractivity contribution is 7.94. The molecule has 0 radical (unpaired) electrons. The Morgan fingerprint density at radius 2 is 1.23 bits per heavy atom. The van der Waals surface area contributed by atoms with E-state index in [-0.39, 0.29) is 34.3 Å². The van der Waals surface area contributed by atoms with Crippen LogP contribution in [0, 0.1) is 11.6 Å². The van der Waals surface area contributed by atoms with Gasteiger partial charge in [-0.3, -0.25) is 18.7 Å². The van der Waals surface area contributed by atoms with Crippen LogP contribution in [0.25, 0.3) is 22.1 Å². The van der Waals surface area contributed by atoms with E-state index >= 15 is 0 Å². The zero-order chi connectivity index (χ0) is 36.6. The molecule has 0 aliphatic heterocycles. The van der Waals surface area contributed by atoms with Crippen molar-refractivity contribution in [1.82, 2.24) is 29.1 Å². The van der Waals surface area contributed by atoms with E-state index in [0.29, 0.717) is 51.2 Å². The van der Waals surface area contributed by atoms with Gasteiger partial charge in [0.2, 0.25) is 11.1 Å². The lowest BCUT2D eigenvalue weighted by molar-refractivity contribution is -0.160. The van der Waals surface area contributed by atoms with Crippen LogP contribution >= 0.6 is 12.0 Å². The molecule has 13 nitrogen and oxygen atoms in total. The van der Waals surface area contributed by atoms with Gasteiger partial charge in [-0.25, -0.2) is 28.6 Å². The van der Waals surface area contributed by atoms with Crippen molar-refractivity contribution in [1.29, 1.82) is 0 Å². The Kier molecular flexibility index (Phi) is 11.1. The average Bonchev–Trinajstić information content (AvgIpc) is 3.16. The van der Waals surface area contributed by atoms with Gasteiger partial charge in [-0.2, -0.15) is 9.32 Å². The zero-order valence-electron chi connectivity index (χ0n) is 27.8. The van der Waals surface area contributed by atoms with Crippen molar-refractivity contribution in [3.8, 4) is 23.0 Å². The minimum absolute atomic E-state index is 0.0914. The number of benzene rings is 3. The highest BCUT2D eigenvalue weighted by Crippen LogP contribution is 2.24. The van der Waals surface area contributed by atoms with Crippen molar-refractivity contribution in [3.63, 3.8) is 0 Å². The number of anilines is 1. The normalized spacial score (nSPS) is 10.9. The van der Waals surface area contributed by atoms with Gasteiger partial charge in [-0.15, -0.1) is 0 Å². The molecule has 52 heavy (non-hydrogen) atoms. The van der Waals surface area contributed by atoms with Crippen molar-refractivity contribution in [2.45, 2.75) is 11.7 Å². The number of hydrogen-bond donors (Lipinski definition) is 1. The van der Waals surface area contributed by atoms with E-state index < -0.39 is 0 Å². The molecule has 0 unspecified atom stereocenters. The number of aromatic nitrogens is 6. The second kappa shape index (κ2) is 16.2. The Bertz CT molecular complexity index is 2450. The van der Waals surface area contributed by atoms with Gasteiger partial charge in [0.05, 0.1) is 7.11 Å². The first-order chi connectivity index (χ1) is 25.2. The molecule has 16 heteroatoms. The van der Waals surface area contributed by atoms with E-state index in [9.17, 15) is 18.4 Å². The second-order valence-corrected chi connectivity index (χ2v) is 11.6. The molecular weight excluding hydrogens is 697 g/mol. The molecule has 3 aromatic carbocycles. The third-order valence-corrected chi connectivity index (χ3v) is 7.91. The van der Waals surface area contributed by atoms with E-state index in [1.165, 1.54) is 70.8 Å². The Morgan fingerprint density at radius 3 is 1.77 bits per heavy atom. The summed E-state index contributed by atoms with van der Waals surface area (Å²) in [5, 5.41) is 4.72. The summed E-state index contributed by atoms with van der Waals surface area (Å²) < 4.78 is 44.6. The van der Waals surface area contributed by atoms with Crippen LogP contribution in [0.1, 0.15) is 5.56 Å². The molecule has 0 saturated heterocycles. The molecule has 0 aliphatic rings. The number of pyridine rings is 2. The second-order valence-electron chi connectivity index (χ2n) is 10.9. The maximum atomic E-state index is 13.0. The molecule has 4 aromatic heterocycles. The van der Waals surface area contributed by atoms with Crippen molar-refractivity contribution in [3.05, 3.63) is 141 Å². The predicted molar refractivity (Wildman–Crippen MR) is 190 cm³/mol. The lowest BCUT2D eigenvalue weighted by Crippen LogP contribution is -2.19. The molecule has 7 aromatic rings. The molecule has 264 valence electrons. The Hall–Kier alpha value is -6.23. The van der Waals surface area contributed by atoms with Crippen LogP contribution in [0.5, 0.6) is 23.0 Å². The summed E-state index contributed by atoms with van der Waals surface area (Å²) in [7, 11) is 4.56. The van der Waals surface area contributed by atoms with Gasteiger partial charge in [0, 0.05) is 43.8 Å². The quantitative estimate of drug-likeness (QED) is 0.0692. The SMILES string of the molecule is COOSc1ncc2cc(Oc3ccc(F)cc3)c(=O)n(C)c2n1.Cn1c(=O)c(Oc2ccc(F)cc2)cc2cnc(NCc3ccccc3)nc21. The van der Waals surface area contributed by atoms with Crippen LogP contribution in [0.2, 0.25) is 0 Å². The summed E-state index contributed by atoms with van der Waals surface area (Å²) in [5.74, 6) is 0.616. The molecule has 0 saturated carbocycles. The summed E-state index contributed by atoms with van der Waals surface area (Å²) in [4.78, 5) is 46.6. The third kappa shape index (κ3) is 8.55. The summed E-state index contributed by atoms with van der Waals surface area (Å²) in [6.45, 7) is 0.575. The summed E-state index contributed by atoms with van der Waals surface area (Å²) in [6, 6.07) is 23.9. The number of aryl methyl sites for hydroxylation is 2. The van der Waals surface area contributed by atoms with Gasteiger partial charge in [0.15, 0.2) is 11.5 Å². The minimum atomic E-state index is -0.384. The van der Waals surface area contributed by atoms with Crippen molar-refractivity contribution in [2.24, 2.45) is 14.1 Å². The molecule has 7 rings (SSSR count). The highest BCUT2D eigenvalue weighted by Gasteiger charge is 2.13. The first kappa shape index (κ1) is 35.6. The van der Waals surface area contributed by atoms with Crippen LogP contribution in [0.4, 0.5) is 14.7 Å². The van der Waals surface area contributed by atoms with Crippen LogP contribution in [-0.4, -0.2) is 36.2 Å². The molecule has 4 heterocycles. The molecular formula is C36H29F2N7O6S. The summed E-state index contributed by atoms with van der Waals surface area (Å²) in [6.07, 6.45) is 3.17. The maximum absolute atomic E-state index is 13.0. The van der Waals surface area contributed by atoms with E-state index in [1.807, 2.05) is 30.3 Å². The molecule has 0 spiro atoms. The van der Waals surface area contributed by atoms with Gasteiger partial charge in [0.1, 0.15) is 46.5 Å².